The Bertz CT molecular complexity index is 1100. The highest BCUT2D eigenvalue weighted by Crippen LogP contribution is 2.43. The molecular formula is C45H78NO7P. The maximum Gasteiger partial charge on any atom is 0.472 e. The van der Waals surface area contributed by atoms with Gasteiger partial charge < -0.3 is 20.1 Å². The second-order valence-corrected chi connectivity index (χ2v) is 14.9. The van der Waals surface area contributed by atoms with Crippen LogP contribution in [0.15, 0.2) is 85.1 Å². The summed E-state index contributed by atoms with van der Waals surface area (Å²) in [6.45, 7) is 4.67. The summed E-state index contributed by atoms with van der Waals surface area (Å²) in [5.74, 6) is -0.356. The second kappa shape index (κ2) is 41.8. The van der Waals surface area contributed by atoms with Gasteiger partial charge in [-0.1, -0.05) is 144 Å². The maximum absolute atomic E-state index is 12.5. The molecule has 2 unspecified atom stereocenters. The van der Waals surface area contributed by atoms with Crippen molar-refractivity contribution in [3.63, 3.8) is 0 Å². The van der Waals surface area contributed by atoms with E-state index in [1.165, 1.54) is 38.5 Å². The Morgan fingerprint density at radius 2 is 1.04 bits per heavy atom. The number of esters is 1. The number of nitrogens with two attached hydrogens (primary N) is 1. The molecule has 0 spiro atoms. The number of hydrogen-bond acceptors (Lipinski definition) is 7. The molecule has 0 saturated heterocycles. The van der Waals surface area contributed by atoms with E-state index < -0.39 is 13.9 Å². The molecule has 0 fully saturated rings. The van der Waals surface area contributed by atoms with Gasteiger partial charge >= 0.3 is 13.8 Å². The van der Waals surface area contributed by atoms with Gasteiger partial charge in [0.2, 0.25) is 0 Å². The van der Waals surface area contributed by atoms with E-state index in [1.807, 2.05) is 0 Å². The molecular weight excluding hydrogens is 697 g/mol. The highest BCUT2D eigenvalue weighted by atomic mass is 31.2. The molecule has 310 valence electrons. The van der Waals surface area contributed by atoms with Crippen molar-refractivity contribution in [1.29, 1.82) is 0 Å². The Labute approximate surface area is 330 Å². The van der Waals surface area contributed by atoms with Crippen molar-refractivity contribution in [3.05, 3.63) is 85.1 Å². The Hall–Kier alpha value is -2.32. The molecule has 0 saturated carbocycles. The fourth-order valence-corrected chi connectivity index (χ4v) is 5.99. The molecule has 0 amide bonds. The Morgan fingerprint density at radius 1 is 0.574 bits per heavy atom. The fraction of sp³-hybridized carbons (Fsp3) is 0.667. The van der Waals surface area contributed by atoms with Crippen molar-refractivity contribution < 1.29 is 32.8 Å². The van der Waals surface area contributed by atoms with Crippen LogP contribution in [0.4, 0.5) is 0 Å². The summed E-state index contributed by atoms with van der Waals surface area (Å²) in [6, 6.07) is 0. The summed E-state index contributed by atoms with van der Waals surface area (Å²) in [5, 5.41) is 0. The average Bonchev–Trinajstić information content (AvgIpc) is 3.16. The minimum Gasteiger partial charge on any atom is -0.457 e. The zero-order valence-corrected chi connectivity index (χ0v) is 35.1. The predicted octanol–water partition coefficient (Wildman–Crippen LogP) is 12.5. The molecule has 0 aliphatic rings. The molecule has 0 aromatic carbocycles. The van der Waals surface area contributed by atoms with Crippen LogP contribution in [0, 0.1) is 0 Å². The van der Waals surface area contributed by atoms with E-state index in [-0.39, 0.29) is 32.3 Å². The highest BCUT2D eigenvalue weighted by Gasteiger charge is 2.25. The van der Waals surface area contributed by atoms with Gasteiger partial charge in [0, 0.05) is 19.6 Å². The summed E-state index contributed by atoms with van der Waals surface area (Å²) in [4.78, 5) is 22.4. The number of rotatable bonds is 39. The molecule has 0 aromatic heterocycles. The summed E-state index contributed by atoms with van der Waals surface area (Å²) in [5.41, 5.74) is 5.36. The molecule has 0 bridgehead atoms. The van der Waals surface area contributed by atoms with Gasteiger partial charge in [-0.2, -0.15) is 0 Å². The molecule has 2 atom stereocenters. The van der Waals surface area contributed by atoms with Crippen LogP contribution in [0.1, 0.15) is 155 Å². The number of unbranched alkanes of at least 4 members (excludes halogenated alkanes) is 12. The normalized spacial score (nSPS) is 14.4. The van der Waals surface area contributed by atoms with Crippen molar-refractivity contribution in [2.24, 2.45) is 5.73 Å². The topological polar surface area (TPSA) is 117 Å². The van der Waals surface area contributed by atoms with Crippen LogP contribution >= 0.6 is 7.82 Å². The fourth-order valence-electron chi connectivity index (χ4n) is 5.23. The molecule has 3 N–H and O–H groups in total. The molecule has 0 aromatic rings. The van der Waals surface area contributed by atoms with Gasteiger partial charge in [0.15, 0.2) is 0 Å². The summed E-state index contributed by atoms with van der Waals surface area (Å²) in [6.07, 6.45) is 53.2. The third kappa shape index (κ3) is 40.9. The van der Waals surface area contributed by atoms with Crippen molar-refractivity contribution in [1.82, 2.24) is 0 Å². The van der Waals surface area contributed by atoms with Gasteiger partial charge in [-0.25, -0.2) is 4.57 Å². The standard InChI is InChI=1S/C45H78NO7P/c1-3-5-7-9-11-13-15-17-18-19-20-21-22-23-24-25-27-29-31-33-35-37-40-50-42-44(43-52-54(48,49)51-41-39-46)53-45(47)38-36-34-32-30-28-26-16-14-12-10-8-6-4-2/h5,7,11,13-14,16-18,20-21,23-24,27,29,44H,3-4,6,8-10,12,15,19,22,25-26,28,30-43,46H2,1-2H3,(H,48,49)/b7-5-,13-11-,16-14-,18-17-,21-20-,24-23-,29-27-. The van der Waals surface area contributed by atoms with E-state index in [0.717, 1.165) is 96.3 Å². The molecule has 0 rings (SSSR count). The van der Waals surface area contributed by atoms with Gasteiger partial charge in [-0.05, 0) is 89.9 Å². The lowest BCUT2D eigenvalue weighted by atomic mass is 10.1. The average molecular weight is 776 g/mol. The van der Waals surface area contributed by atoms with Crippen LogP contribution in [0.25, 0.3) is 0 Å². The van der Waals surface area contributed by atoms with E-state index in [1.54, 1.807) is 0 Å². The summed E-state index contributed by atoms with van der Waals surface area (Å²) >= 11 is 0. The number of carbonyl (C=O) groups excluding carboxylic acids is 1. The van der Waals surface area contributed by atoms with Gasteiger partial charge in [-0.15, -0.1) is 0 Å². The van der Waals surface area contributed by atoms with Crippen molar-refractivity contribution in [2.75, 3.05) is 33.0 Å². The Balaban J connectivity index is 4.14. The minimum absolute atomic E-state index is 0.0852. The number of allylic oxidation sites excluding steroid dienone is 14. The smallest absolute Gasteiger partial charge is 0.457 e. The van der Waals surface area contributed by atoms with Gasteiger partial charge in [0.1, 0.15) is 6.10 Å². The molecule has 0 radical (unpaired) electrons. The first-order valence-corrected chi connectivity index (χ1v) is 22.6. The van der Waals surface area contributed by atoms with Crippen LogP contribution < -0.4 is 5.73 Å². The van der Waals surface area contributed by atoms with Crippen LogP contribution in [-0.2, 0) is 27.9 Å². The highest BCUT2D eigenvalue weighted by molar-refractivity contribution is 7.47. The number of carbonyl (C=O) groups is 1. The first-order chi connectivity index (χ1) is 26.4. The zero-order chi connectivity index (χ0) is 39.5. The quantitative estimate of drug-likeness (QED) is 0.0274. The van der Waals surface area contributed by atoms with Gasteiger partial charge in [-0.3, -0.25) is 13.8 Å². The van der Waals surface area contributed by atoms with E-state index in [2.05, 4.69) is 98.9 Å². The molecule has 8 nitrogen and oxygen atoms in total. The number of phosphoric ester groups is 1. The van der Waals surface area contributed by atoms with E-state index in [0.29, 0.717) is 13.0 Å². The van der Waals surface area contributed by atoms with E-state index in [9.17, 15) is 14.3 Å². The predicted molar refractivity (Wildman–Crippen MR) is 228 cm³/mol. The number of ether oxygens (including phenoxy) is 2. The van der Waals surface area contributed by atoms with Crippen molar-refractivity contribution >= 4 is 13.8 Å². The number of phosphoric acid groups is 1. The Morgan fingerprint density at radius 3 is 1.57 bits per heavy atom. The first kappa shape index (κ1) is 51.7. The summed E-state index contributed by atoms with van der Waals surface area (Å²) in [7, 11) is -4.29. The van der Waals surface area contributed by atoms with Gasteiger partial charge in [0.25, 0.3) is 0 Å². The van der Waals surface area contributed by atoms with E-state index in [4.69, 9.17) is 24.3 Å². The summed E-state index contributed by atoms with van der Waals surface area (Å²) < 4.78 is 33.3. The maximum atomic E-state index is 12.5. The Kier molecular flexibility index (Phi) is 40.0. The lowest BCUT2D eigenvalue weighted by Crippen LogP contribution is -2.28. The third-order valence-corrected chi connectivity index (χ3v) is 9.28. The van der Waals surface area contributed by atoms with Gasteiger partial charge in [0.05, 0.1) is 19.8 Å². The number of hydrogen-bond donors (Lipinski definition) is 2. The monoisotopic (exact) mass is 776 g/mol. The van der Waals surface area contributed by atoms with E-state index >= 15 is 0 Å². The van der Waals surface area contributed by atoms with Crippen LogP contribution in [-0.4, -0.2) is 49.9 Å². The van der Waals surface area contributed by atoms with Crippen molar-refractivity contribution in [3.8, 4) is 0 Å². The third-order valence-electron chi connectivity index (χ3n) is 8.30. The first-order valence-electron chi connectivity index (χ1n) is 21.1. The zero-order valence-electron chi connectivity index (χ0n) is 34.2. The molecule has 0 aliphatic heterocycles. The second-order valence-electron chi connectivity index (χ2n) is 13.5. The SMILES string of the molecule is CC/C=C\C/C=C\C/C=C\C/C=C\C/C=C\C/C=C\CCCCCOCC(COP(=O)(O)OCCN)OC(=O)CCCCCCC/C=C\CCCCCC. The molecule has 9 heteroatoms. The lowest BCUT2D eigenvalue weighted by Gasteiger charge is -2.20. The molecule has 0 heterocycles. The van der Waals surface area contributed by atoms with Crippen LogP contribution in [0.2, 0.25) is 0 Å². The van der Waals surface area contributed by atoms with Crippen LogP contribution in [0.5, 0.6) is 0 Å². The molecule has 54 heavy (non-hydrogen) atoms. The van der Waals surface area contributed by atoms with Crippen LogP contribution in [0.3, 0.4) is 0 Å². The minimum atomic E-state index is -4.29. The van der Waals surface area contributed by atoms with Crippen molar-refractivity contribution in [2.45, 2.75) is 161 Å². The molecule has 0 aliphatic carbocycles. The largest absolute Gasteiger partial charge is 0.472 e. The lowest BCUT2D eigenvalue weighted by molar-refractivity contribution is -0.154.